The van der Waals surface area contributed by atoms with E-state index >= 15 is 0 Å². The Morgan fingerprint density at radius 1 is 1.42 bits per heavy atom. The molecule has 2 fully saturated rings. The number of rotatable bonds is 7. The Morgan fingerprint density at radius 2 is 2.21 bits per heavy atom. The molecule has 134 valence electrons. The van der Waals surface area contributed by atoms with Crippen LogP contribution in [-0.2, 0) is 16.1 Å². The van der Waals surface area contributed by atoms with E-state index < -0.39 is 0 Å². The van der Waals surface area contributed by atoms with Gasteiger partial charge in [-0.05, 0) is 38.0 Å². The third-order valence-electron chi connectivity index (χ3n) is 4.90. The summed E-state index contributed by atoms with van der Waals surface area (Å²) in [6.07, 6.45) is 6.30. The van der Waals surface area contributed by atoms with Gasteiger partial charge in [0.1, 0.15) is 6.10 Å². The SMILES string of the molecule is CC(C)c1cn(CC[C@@H]2CC[C@H](NC(=O)C3CC3)[C@H](CO)O2)nn1. The van der Waals surface area contributed by atoms with E-state index in [1.807, 2.05) is 10.9 Å². The van der Waals surface area contributed by atoms with Gasteiger partial charge >= 0.3 is 0 Å². The maximum Gasteiger partial charge on any atom is 0.223 e. The van der Waals surface area contributed by atoms with Crippen LogP contribution in [0.2, 0.25) is 0 Å². The fourth-order valence-electron chi connectivity index (χ4n) is 3.12. The molecule has 2 aliphatic rings. The Morgan fingerprint density at radius 3 is 2.83 bits per heavy atom. The Kier molecular flexibility index (Phi) is 5.50. The number of aryl methyl sites for hydroxylation is 1. The third kappa shape index (κ3) is 4.33. The number of hydrogen-bond donors (Lipinski definition) is 2. The van der Waals surface area contributed by atoms with Gasteiger partial charge in [-0.2, -0.15) is 0 Å². The van der Waals surface area contributed by atoms with Gasteiger partial charge in [0, 0.05) is 18.7 Å². The minimum atomic E-state index is -0.312. The van der Waals surface area contributed by atoms with Crippen molar-refractivity contribution in [2.75, 3.05) is 6.61 Å². The molecule has 1 aromatic heterocycles. The zero-order chi connectivity index (χ0) is 17.1. The smallest absolute Gasteiger partial charge is 0.223 e. The molecule has 0 spiro atoms. The Hall–Kier alpha value is -1.47. The highest BCUT2D eigenvalue weighted by Gasteiger charge is 2.36. The number of hydrogen-bond acceptors (Lipinski definition) is 5. The molecule has 1 aliphatic carbocycles. The number of aliphatic hydroxyl groups is 1. The van der Waals surface area contributed by atoms with Crippen molar-refractivity contribution in [1.29, 1.82) is 0 Å². The standard InChI is InChI=1S/C17H28N4O3/c1-11(2)15-9-21(20-19-15)8-7-13-5-6-14(16(10-22)24-13)18-17(23)12-3-4-12/h9,11-14,16,22H,3-8,10H2,1-2H3,(H,18,23)/t13-,14-,16-/m0/s1. The summed E-state index contributed by atoms with van der Waals surface area (Å²) in [4.78, 5) is 11.9. The van der Waals surface area contributed by atoms with Crippen LogP contribution >= 0.6 is 0 Å². The molecule has 1 amide bonds. The average molecular weight is 336 g/mol. The summed E-state index contributed by atoms with van der Waals surface area (Å²) in [5.41, 5.74) is 0.996. The van der Waals surface area contributed by atoms with Gasteiger partial charge < -0.3 is 15.2 Å². The normalized spacial score (nSPS) is 27.4. The van der Waals surface area contributed by atoms with E-state index in [0.717, 1.165) is 44.3 Å². The number of aliphatic hydroxyl groups excluding tert-OH is 1. The van der Waals surface area contributed by atoms with Gasteiger partial charge in [-0.1, -0.05) is 19.1 Å². The molecule has 3 atom stereocenters. The van der Waals surface area contributed by atoms with Crippen LogP contribution in [0.1, 0.15) is 57.6 Å². The van der Waals surface area contributed by atoms with Gasteiger partial charge in [-0.15, -0.1) is 5.10 Å². The molecule has 0 aromatic carbocycles. The van der Waals surface area contributed by atoms with Crippen molar-refractivity contribution >= 4 is 5.91 Å². The number of nitrogens with zero attached hydrogens (tertiary/aromatic N) is 3. The van der Waals surface area contributed by atoms with Gasteiger partial charge in [0.25, 0.3) is 0 Å². The molecule has 7 heteroatoms. The highest BCUT2D eigenvalue weighted by Crippen LogP contribution is 2.30. The first-order valence-electron chi connectivity index (χ1n) is 9.03. The molecule has 7 nitrogen and oxygen atoms in total. The highest BCUT2D eigenvalue weighted by atomic mass is 16.5. The molecule has 3 rings (SSSR count). The lowest BCUT2D eigenvalue weighted by Gasteiger charge is -2.36. The van der Waals surface area contributed by atoms with E-state index in [9.17, 15) is 9.90 Å². The molecule has 2 heterocycles. The van der Waals surface area contributed by atoms with Crippen molar-refractivity contribution < 1.29 is 14.6 Å². The minimum absolute atomic E-state index is 0.0626. The van der Waals surface area contributed by atoms with Crippen LogP contribution in [-0.4, -0.2) is 50.9 Å². The van der Waals surface area contributed by atoms with E-state index in [-0.39, 0.29) is 36.7 Å². The van der Waals surface area contributed by atoms with Crippen LogP contribution in [0.15, 0.2) is 6.20 Å². The summed E-state index contributed by atoms with van der Waals surface area (Å²) < 4.78 is 7.85. The lowest BCUT2D eigenvalue weighted by Crippen LogP contribution is -2.51. The number of aromatic nitrogens is 3. The molecular weight excluding hydrogens is 308 g/mol. The zero-order valence-electron chi connectivity index (χ0n) is 14.5. The lowest BCUT2D eigenvalue weighted by atomic mass is 9.97. The van der Waals surface area contributed by atoms with Gasteiger partial charge in [-0.3, -0.25) is 9.48 Å². The van der Waals surface area contributed by atoms with E-state index in [1.54, 1.807) is 0 Å². The predicted molar refractivity (Wildman–Crippen MR) is 88.4 cm³/mol. The molecule has 1 aliphatic heterocycles. The summed E-state index contributed by atoms with van der Waals surface area (Å²) >= 11 is 0. The second-order valence-corrected chi connectivity index (χ2v) is 7.30. The number of ether oxygens (including phenoxy) is 1. The first-order valence-corrected chi connectivity index (χ1v) is 9.03. The maximum atomic E-state index is 11.9. The number of carbonyl (C=O) groups is 1. The molecule has 24 heavy (non-hydrogen) atoms. The van der Waals surface area contributed by atoms with E-state index in [4.69, 9.17) is 4.74 Å². The molecule has 2 N–H and O–H groups in total. The summed E-state index contributed by atoms with van der Waals surface area (Å²) in [5, 5.41) is 20.9. The second kappa shape index (κ2) is 7.61. The van der Waals surface area contributed by atoms with Gasteiger partial charge in [0.15, 0.2) is 0 Å². The topological polar surface area (TPSA) is 89.3 Å². The van der Waals surface area contributed by atoms with Crippen LogP contribution < -0.4 is 5.32 Å². The Balaban J connectivity index is 1.46. The summed E-state index contributed by atoms with van der Waals surface area (Å²) in [6, 6.07) is -0.0711. The maximum absolute atomic E-state index is 11.9. The van der Waals surface area contributed by atoms with Crippen molar-refractivity contribution in [3.05, 3.63) is 11.9 Å². The number of nitrogens with one attached hydrogen (secondary N) is 1. The molecule has 0 radical (unpaired) electrons. The molecule has 1 saturated carbocycles. The second-order valence-electron chi connectivity index (χ2n) is 7.30. The fourth-order valence-corrected chi connectivity index (χ4v) is 3.12. The van der Waals surface area contributed by atoms with E-state index in [2.05, 4.69) is 29.5 Å². The predicted octanol–water partition coefficient (Wildman–Crippen LogP) is 1.23. The van der Waals surface area contributed by atoms with Gasteiger partial charge in [0.05, 0.1) is 24.4 Å². The van der Waals surface area contributed by atoms with Crippen molar-refractivity contribution in [1.82, 2.24) is 20.3 Å². The van der Waals surface area contributed by atoms with Crippen molar-refractivity contribution in [3.8, 4) is 0 Å². The van der Waals surface area contributed by atoms with Crippen molar-refractivity contribution in [2.45, 2.75) is 76.7 Å². The zero-order valence-corrected chi connectivity index (χ0v) is 14.5. The van der Waals surface area contributed by atoms with Crippen LogP contribution in [0.5, 0.6) is 0 Å². The van der Waals surface area contributed by atoms with Crippen LogP contribution in [0, 0.1) is 5.92 Å². The molecular formula is C17H28N4O3. The van der Waals surface area contributed by atoms with E-state index in [0.29, 0.717) is 5.92 Å². The largest absolute Gasteiger partial charge is 0.394 e. The molecule has 1 aromatic rings. The van der Waals surface area contributed by atoms with Crippen LogP contribution in [0.3, 0.4) is 0 Å². The highest BCUT2D eigenvalue weighted by molar-refractivity contribution is 5.81. The fraction of sp³-hybridized carbons (Fsp3) is 0.824. The first kappa shape index (κ1) is 17.4. The third-order valence-corrected chi connectivity index (χ3v) is 4.90. The van der Waals surface area contributed by atoms with Gasteiger partial charge in [0.2, 0.25) is 5.91 Å². The monoisotopic (exact) mass is 336 g/mol. The quantitative estimate of drug-likeness (QED) is 0.782. The summed E-state index contributed by atoms with van der Waals surface area (Å²) in [6.45, 7) is 4.88. The minimum Gasteiger partial charge on any atom is -0.394 e. The molecule has 0 unspecified atom stereocenters. The van der Waals surface area contributed by atoms with Crippen LogP contribution in [0.4, 0.5) is 0 Å². The van der Waals surface area contributed by atoms with Crippen molar-refractivity contribution in [2.24, 2.45) is 5.92 Å². The Bertz CT molecular complexity index is 556. The molecule has 0 bridgehead atoms. The number of amides is 1. The first-order chi connectivity index (χ1) is 11.6. The average Bonchev–Trinajstić information content (AvgIpc) is 3.32. The Labute approximate surface area is 142 Å². The van der Waals surface area contributed by atoms with Gasteiger partial charge in [-0.25, -0.2) is 0 Å². The van der Waals surface area contributed by atoms with E-state index in [1.165, 1.54) is 0 Å². The van der Waals surface area contributed by atoms with Crippen molar-refractivity contribution in [3.63, 3.8) is 0 Å². The lowest BCUT2D eigenvalue weighted by molar-refractivity contribution is -0.129. The molecule has 1 saturated heterocycles. The summed E-state index contributed by atoms with van der Waals surface area (Å²) in [7, 11) is 0. The number of carbonyl (C=O) groups excluding carboxylic acids is 1. The van der Waals surface area contributed by atoms with Crippen LogP contribution in [0.25, 0.3) is 0 Å². The summed E-state index contributed by atoms with van der Waals surface area (Å²) in [5.74, 6) is 0.674.